The van der Waals surface area contributed by atoms with Gasteiger partial charge in [0.15, 0.2) is 5.69 Å². The van der Waals surface area contributed by atoms with Crippen LogP contribution in [0.3, 0.4) is 0 Å². The summed E-state index contributed by atoms with van der Waals surface area (Å²) in [6.07, 6.45) is -1.30. The number of nitrogens with two attached hydrogens (primary N) is 1. The zero-order valence-corrected chi connectivity index (χ0v) is 20.3. The topological polar surface area (TPSA) is 92.7 Å². The van der Waals surface area contributed by atoms with Crippen LogP contribution in [-0.4, -0.2) is 52.0 Å². The molecule has 3 N–H and O–H groups in total. The van der Waals surface area contributed by atoms with Crippen molar-refractivity contribution >= 4 is 17.3 Å². The highest BCUT2D eigenvalue weighted by atomic mass is 19.4. The summed E-state index contributed by atoms with van der Waals surface area (Å²) < 4.78 is 40.4. The summed E-state index contributed by atoms with van der Waals surface area (Å²) in [7, 11) is 0. The molecule has 0 bridgehead atoms. The summed E-state index contributed by atoms with van der Waals surface area (Å²) in [4.78, 5) is 27.6. The van der Waals surface area contributed by atoms with Crippen LogP contribution in [0, 0.1) is 5.92 Å². The van der Waals surface area contributed by atoms with Crippen molar-refractivity contribution in [1.29, 1.82) is 0 Å². The lowest BCUT2D eigenvalue weighted by Crippen LogP contribution is -2.32. The molecule has 0 saturated carbocycles. The average molecular weight is 502 g/mol. The van der Waals surface area contributed by atoms with E-state index in [9.17, 15) is 22.8 Å². The monoisotopic (exact) mass is 501 g/mol. The van der Waals surface area contributed by atoms with Crippen LogP contribution in [0.25, 0.3) is 5.52 Å². The van der Waals surface area contributed by atoms with Crippen molar-refractivity contribution in [3.63, 3.8) is 0 Å². The van der Waals surface area contributed by atoms with Crippen LogP contribution in [0.2, 0.25) is 0 Å². The number of benzene rings is 1. The molecule has 0 spiro atoms. The van der Waals surface area contributed by atoms with E-state index in [1.54, 1.807) is 29.3 Å². The minimum absolute atomic E-state index is 0.0456. The second-order valence-electron chi connectivity index (χ2n) is 9.74. The van der Waals surface area contributed by atoms with E-state index in [2.05, 4.69) is 10.4 Å². The summed E-state index contributed by atoms with van der Waals surface area (Å²) in [5, 5.41) is 7.27. The number of likely N-dealkylation sites (tertiary alicyclic amines) is 1. The molecule has 0 radical (unpaired) electrons. The fourth-order valence-electron chi connectivity index (χ4n) is 4.61. The van der Waals surface area contributed by atoms with Crippen LogP contribution >= 0.6 is 0 Å². The molecule has 10 heteroatoms. The van der Waals surface area contributed by atoms with E-state index in [1.165, 1.54) is 16.6 Å². The van der Waals surface area contributed by atoms with Crippen LogP contribution in [0.15, 0.2) is 48.7 Å². The molecule has 4 rings (SSSR count). The molecule has 2 atom stereocenters. The van der Waals surface area contributed by atoms with E-state index in [0.717, 1.165) is 24.1 Å². The van der Waals surface area contributed by atoms with Gasteiger partial charge in [0.25, 0.3) is 11.8 Å². The normalized spacial score (nSPS) is 17.1. The van der Waals surface area contributed by atoms with Gasteiger partial charge in [-0.05, 0) is 54.7 Å². The summed E-state index contributed by atoms with van der Waals surface area (Å²) in [6.45, 7) is 5.36. The lowest BCUT2D eigenvalue weighted by atomic mass is 9.89. The van der Waals surface area contributed by atoms with Gasteiger partial charge < -0.3 is 16.0 Å². The first kappa shape index (κ1) is 25.7. The van der Waals surface area contributed by atoms with E-state index < -0.39 is 11.7 Å². The maximum atomic E-state index is 13.1. The highest BCUT2D eigenvalue weighted by Crippen LogP contribution is 2.31. The molecule has 1 saturated heterocycles. The SMILES string of the molecule is CC(C)CC(CNC(=O)c1cccn2nc(C(=O)N3CC[C@@H](N)C3)cc12)c1ccc(C(F)(F)F)cc1. The van der Waals surface area contributed by atoms with Gasteiger partial charge >= 0.3 is 6.18 Å². The second-order valence-corrected chi connectivity index (χ2v) is 9.74. The van der Waals surface area contributed by atoms with Crippen molar-refractivity contribution < 1.29 is 22.8 Å². The molecule has 2 amide bonds. The van der Waals surface area contributed by atoms with Crippen molar-refractivity contribution in [1.82, 2.24) is 19.8 Å². The van der Waals surface area contributed by atoms with Crippen molar-refractivity contribution in [2.75, 3.05) is 19.6 Å². The number of amides is 2. The van der Waals surface area contributed by atoms with E-state index in [0.29, 0.717) is 30.6 Å². The Bertz CT molecular complexity index is 1240. The van der Waals surface area contributed by atoms with Gasteiger partial charge in [0, 0.05) is 37.8 Å². The van der Waals surface area contributed by atoms with E-state index >= 15 is 0 Å². The van der Waals surface area contributed by atoms with Crippen LogP contribution in [0.4, 0.5) is 13.2 Å². The first-order valence-electron chi connectivity index (χ1n) is 12.0. The number of nitrogens with one attached hydrogen (secondary N) is 1. The largest absolute Gasteiger partial charge is 0.416 e. The lowest BCUT2D eigenvalue weighted by molar-refractivity contribution is -0.137. The molecule has 3 heterocycles. The fraction of sp³-hybridized carbons (Fsp3) is 0.423. The molecule has 36 heavy (non-hydrogen) atoms. The number of hydrogen-bond acceptors (Lipinski definition) is 4. The Morgan fingerprint density at radius 2 is 1.92 bits per heavy atom. The number of aromatic nitrogens is 2. The van der Waals surface area contributed by atoms with Gasteiger partial charge in [-0.2, -0.15) is 18.3 Å². The minimum atomic E-state index is -4.40. The Balaban J connectivity index is 1.51. The third-order valence-electron chi connectivity index (χ3n) is 6.45. The fourth-order valence-corrected chi connectivity index (χ4v) is 4.61. The van der Waals surface area contributed by atoms with Gasteiger partial charge in [-0.25, -0.2) is 4.52 Å². The predicted octanol–water partition coefficient (Wildman–Crippen LogP) is 4.09. The Morgan fingerprint density at radius 3 is 2.53 bits per heavy atom. The maximum absolute atomic E-state index is 13.1. The molecule has 1 aliphatic rings. The summed E-state index contributed by atoms with van der Waals surface area (Å²) in [5.41, 5.74) is 7.04. The Morgan fingerprint density at radius 1 is 1.19 bits per heavy atom. The molecular formula is C26H30F3N5O2. The molecule has 192 valence electrons. The molecule has 3 aromatic rings. The number of halogens is 3. The third kappa shape index (κ3) is 5.70. The van der Waals surface area contributed by atoms with Crippen LogP contribution < -0.4 is 11.1 Å². The lowest BCUT2D eigenvalue weighted by Gasteiger charge is -2.21. The average Bonchev–Trinajstić information content (AvgIpc) is 3.46. The molecule has 1 fully saturated rings. The van der Waals surface area contributed by atoms with Crippen molar-refractivity contribution in [2.45, 2.75) is 44.8 Å². The van der Waals surface area contributed by atoms with Gasteiger partial charge in [-0.1, -0.05) is 26.0 Å². The van der Waals surface area contributed by atoms with Crippen molar-refractivity contribution in [2.24, 2.45) is 11.7 Å². The summed E-state index contributed by atoms with van der Waals surface area (Å²) in [6, 6.07) is 9.98. The zero-order valence-electron chi connectivity index (χ0n) is 20.3. The van der Waals surface area contributed by atoms with Gasteiger partial charge in [-0.3, -0.25) is 9.59 Å². The first-order chi connectivity index (χ1) is 17.0. The van der Waals surface area contributed by atoms with Gasteiger partial charge in [-0.15, -0.1) is 0 Å². The highest BCUT2D eigenvalue weighted by Gasteiger charge is 2.30. The quantitative estimate of drug-likeness (QED) is 0.510. The van der Waals surface area contributed by atoms with E-state index in [-0.39, 0.29) is 41.9 Å². The molecule has 7 nitrogen and oxygen atoms in total. The number of rotatable bonds is 7. The molecule has 2 aromatic heterocycles. The standard InChI is InChI=1S/C26H30F3N5O2/c1-16(2)12-18(17-5-7-19(8-6-17)26(27,28)29)14-31-24(35)21-4-3-10-34-23(21)13-22(32-34)25(36)33-11-9-20(30)15-33/h3-8,10,13,16,18,20H,9,11-12,14-15,30H2,1-2H3,(H,31,35)/t18?,20-/m1/s1. The van der Waals surface area contributed by atoms with Gasteiger partial charge in [0.1, 0.15) is 0 Å². The Labute approximate surface area is 207 Å². The van der Waals surface area contributed by atoms with Crippen molar-refractivity contribution in [3.05, 3.63) is 71.0 Å². The molecule has 1 unspecified atom stereocenters. The minimum Gasteiger partial charge on any atom is -0.351 e. The highest BCUT2D eigenvalue weighted by molar-refractivity contribution is 6.02. The van der Waals surface area contributed by atoms with E-state index in [1.807, 2.05) is 13.8 Å². The van der Waals surface area contributed by atoms with E-state index in [4.69, 9.17) is 5.73 Å². The molecule has 1 aliphatic heterocycles. The summed E-state index contributed by atoms with van der Waals surface area (Å²) >= 11 is 0. The number of carbonyl (C=O) groups is 2. The number of nitrogens with zero attached hydrogens (tertiary/aromatic N) is 3. The maximum Gasteiger partial charge on any atom is 0.416 e. The second kappa shape index (κ2) is 10.3. The number of fused-ring (bicyclic) bond motifs is 1. The third-order valence-corrected chi connectivity index (χ3v) is 6.45. The Kier molecular flexibility index (Phi) is 7.35. The summed E-state index contributed by atoms with van der Waals surface area (Å²) in [5.74, 6) is -0.446. The van der Waals surface area contributed by atoms with Gasteiger partial charge in [0.2, 0.25) is 0 Å². The predicted molar refractivity (Wildman–Crippen MR) is 130 cm³/mol. The number of alkyl halides is 3. The first-order valence-corrected chi connectivity index (χ1v) is 12.0. The van der Waals surface area contributed by atoms with Crippen LogP contribution in [0.1, 0.15) is 64.6 Å². The van der Waals surface area contributed by atoms with Gasteiger partial charge in [0.05, 0.1) is 16.6 Å². The molecule has 1 aromatic carbocycles. The number of hydrogen-bond donors (Lipinski definition) is 2. The van der Waals surface area contributed by atoms with Crippen LogP contribution in [-0.2, 0) is 6.18 Å². The number of carbonyl (C=O) groups excluding carboxylic acids is 2. The molecular weight excluding hydrogens is 471 g/mol. The van der Waals surface area contributed by atoms with Crippen molar-refractivity contribution in [3.8, 4) is 0 Å². The smallest absolute Gasteiger partial charge is 0.351 e. The Hall–Kier alpha value is -3.40. The molecule has 0 aliphatic carbocycles. The zero-order chi connectivity index (χ0) is 26.0. The van der Waals surface area contributed by atoms with Crippen LogP contribution in [0.5, 0.6) is 0 Å². The number of pyridine rings is 1.